The summed E-state index contributed by atoms with van der Waals surface area (Å²) in [6.07, 6.45) is 0. The van der Waals surface area contributed by atoms with Crippen molar-refractivity contribution in [3.63, 3.8) is 0 Å². The molecule has 0 spiro atoms. The van der Waals surface area contributed by atoms with Crippen molar-refractivity contribution in [1.82, 2.24) is 4.90 Å². The number of nitrogens with zero attached hydrogens (tertiary/aromatic N) is 1. The van der Waals surface area contributed by atoms with Gasteiger partial charge in [-0.3, -0.25) is 0 Å². The minimum absolute atomic E-state index is 0.661. The molecule has 0 saturated carbocycles. The minimum atomic E-state index is 0.661. The van der Waals surface area contributed by atoms with Gasteiger partial charge in [0.2, 0.25) is 0 Å². The van der Waals surface area contributed by atoms with E-state index in [1.165, 1.54) is 0 Å². The molecule has 0 aliphatic rings. The maximum atomic E-state index is 7.50. The molecule has 0 unspecified atom stereocenters. The molecule has 8 heteroatoms. The number of rotatable bonds is 2. The van der Waals surface area contributed by atoms with Gasteiger partial charge in [-0.05, 0) is 0 Å². The third-order valence-electron chi connectivity index (χ3n) is 0.757. The predicted octanol–water partition coefficient (Wildman–Crippen LogP) is -0.0487. The summed E-state index contributed by atoms with van der Waals surface area (Å²) in [5, 5.41) is 0. The molecule has 0 aromatic heterocycles. The fraction of sp³-hybridized carbons (Fsp3) is 0.273. The molecule has 0 amide bonds. The van der Waals surface area contributed by atoms with Crippen LogP contribution in [0, 0.1) is 33.3 Å². The standard InChI is InChI=1S/C6H9NO.5CO.Cr/c1-5-6(8-4)7(2)3;5*1-2;/h2-4H3;;;;;;. The van der Waals surface area contributed by atoms with Crippen molar-refractivity contribution in [3.8, 4) is 0 Å². The number of ether oxygens (including phenoxy) is 1. The van der Waals surface area contributed by atoms with Crippen LogP contribution in [0.5, 0.6) is 0 Å². The van der Waals surface area contributed by atoms with E-state index in [0.29, 0.717) is 5.88 Å². The van der Waals surface area contributed by atoms with E-state index in [0.717, 1.165) is 0 Å². The Hall–Kier alpha value is -1.74. The van der Waals surface area contributed by atoms with Gasteiger partial charge in [0.25, 0.3) is 0 Å². The summed E-state index contributed by atoms with van der Waals surface area (Å²) in [6, 6.07) is 0. The molecule has 0 saturated heterocycles. The van der Waals surface area contributed by atoms with E-state index < -0.39 is 0 Å². The molecule has 0 heterocycles. The van der Waals surface area contributed by atoms with Crippen LogP contribution in [0.3, 0.4) is 0 Å². The molecule has 0 fully saturated rings. The first-order valence-corrected chi connectivity index (χ1v) is 4.09. The molecule has 0 aromatic carbocycles. The van der Waals surface area contributed by atoms with Gasteiger partial charge in [0.05, 0.1) is 0 Å². The van der Waals surface area contributed by atoms with Gasteiger partial charge in [-0.1, -0.05) is 0 Å². The summed E-state index contributed by atoms with van der Waals surface area (Å²) in [5.74, 6) is 0.661. The molecule has 0 aliphatic heterocycles. The molecule has 0 aliphatic carbocycles. The van der Waals surface area contributed by atoms with Gasteiger partial charge in [0.15, 0.2) is 0 Å². The Morgan fingerprint density at radius 3 is 1.21 bits per heavy atom. The van der Waals surface area contributed by atoms with Crippen LogP contribution in [0.2, 0.25) is 0 Å². The number of hydrogen-bond donors (Lipinski definition) is 0. The SMILES string of the molecule is COC(=C=[C]=[Cr])N(C)C.[C-]#[O+].[C-]#[O+].[C-]#[O+].[C-]#[O+].[C-]#[O+]. The molecule has 0 bridgehead atoms. The van der Waals surface area contributed by atoms with E-state index in [1.54, 1.807) is 7.11 Å². The molecular formula is C11H9CrNO6. The van der Waals surface area contributed by atoms with Crippen LogP contribution in [0.25, 0.3) is 0 Å². The summed E-state index contributed by atoms with van der Waals surface area (Å²) in [6.45, 7) is 22.5. The zero-order valence-corrected chi connectivity index (χ0v) is 11.6. The third-order valence-corrected chi connectivity index (χ3v) is 0.917. The van der Waals surface area contributed by atoms with Crippen molar-refractivity contribution in [2.45, 2.75) is 0 Å². The summed E-state index contributed by atoms with van der Waals surface area (Å²) in [7, 11) is 5.35. The first-order valence-electron chi connectivity index (χ1n) is 3.46. The summed E-state index contributed by atoms with van der Waals surface area (Å²) >= 11 is 2.57. The molecule has 0 radical (unpaired) electrons. The zero-order valence-electron chi connectivity index (χ0n) is 10.3. The second-order valence-electron chi connectivity index (χ2n) is 1.63. The van der Waals surface area contributed by atoms with Crippen LogP contribution in [0.4, 0.5) is 0 Å². The van der Waals surface area contributed by atoms with Gasteiger partial charge in [-0.2, -0.15) is 0 Å². The Bertz CT molecular complexity index is 306. The third kappa shape index (κ3) is 62.7. The molecule has 19 heavy (non-hydrogen) atoms. The summed E-state index contributed by atoms with van der Waals surface area (Å²) in [5.41, 5.74) is 2.75. The van der Waals surface area contributed by atoms with E-state index in [1.807, 2.05) is 19.0 Å². The Labute approximate surface area is 120 Å². The van der Waals surface area contributed by atoms with E-state index in [4.69, 9.17) is 28.0 Å². The number of methoxy groups -OCH3 is 1. The second kappa shape index (κ2) is 71.8. The summed E-state index contributed by atoms with van der Waals surface area (Å²) in [4.78, 5) is 1.81. The monoisotopic (exact) mass is 303 g/mol. The molecule has 7 nitrogen and oxygen atoms in total. The molecular weight excluding hydrogens is 294 g/mol. The average molecular weight is 303 g/mol. The zero-order chi connectivity index (χ0) is 17.3. The van der Waals surface area contributed by atoms with Crippen molar-refractivity contribution >= 4 is 4.54 Å². The van der Waals surface area contributed by atoms with Crippen molar-refractivity contribution in [2.75, 3.05) is 21.2 Å². The van der Waals surface area contributed by atoms with Gasteiger partial charge in [-0.15, -0.1) is 0 Å². The van der Waals surface area contributed by atoms with Crippen molar-refractivity contribution in [2.24, 2.45) is 0 Å². The Morgan fingerprint density at radius 1 is 0.895 bits per heavy atom. The van der Waals surface area contributed by atoms with Crippen molar-refractivity contribution in [3.05, 3.63) is 44.9 Å². The average Bonchev–Trinajstić information content (AvgIpc) is 2.54. The van der Waals surface area contributed by atoms with Gasteiger partial charge < -0.3 is 0 Å². The first kappa shape index (κ1) is 36.0. The van der Waals surface area contributed by atoms with Crippen LogP contribution >= 0.6 is 0 Å². The van der Waals surface area contributed by atoms with Gasteiger partial charge in [-0.25, -0.2) is 0 Å². The van der Waals surface area contributed by atoms with Gasteiger partial charge in [0, 0.05) is 0 Å². The fourth-order valence-corrected chi connectivity index (χ4v) is 0.525. The molecule has 0 aromatic rings. The van der Waals surface area contributed by atoms with Crippen molar-refractivity contribution < 1.29 is 43.8 Å². The van der Waals surface area contributed by atoms with E-state index in [2.05, 4.69) is 59.4 Å². The van der Waals surface area contributed by atoms with Gasteiger partial charge in [0.1, 0.15) is 0 Å². The maximum absolute atomic E-state index is 7.50. The van der Waals surface area contributed by atoms with Crippen LogP contribution in [-0.2, 0) is 43.8 Å². The van der Waals surface area contributed by atoms with Crippen LogP contribution in [0.1, 0.15) is 0 Å². The Kier molecular flexibility index (Phi) is 136. The van der Waals surface area contributed by atoms with E-state index in [9.17, 15) is 0 Å². The quantitative estimate of drug-likeness (QED) is 0.308. The molecule has 0 N–H and O–H groups in total. The molecule has 100 valence electrons. The summed E-state index contributed by atoms with van der Waals surface area (Å²) < 4.78 is 45.0. The Balaban J connectivity index is -0.0000000356. The topological polar surface area (TPSA) is 112 Å². The normalized spacial score (nSPS) is 3.84. The first-order chi connectivity index (χ1) is 9.22. The Morgan fingerprint density at radius 2 is 1.16 bits per heavy atom. The van der Waals surface area contributed by atoms with E-state index >= 15 is 0 Å². The second-order valence-corrected chi connectivity index (χ2v) is 1.95. The fourth-order valence-electron chi connectivity index (χ4n) is 0.389. The molecule has 0 rings (SSSR count). The predicted molar refractivity (Wildman–Crippen MR) is 52.4 cm³/mol. The van der Waals surface area contributed by atoms with E-state index in [-0.39, 0.29) is 0 Å². The van der Waals surface area contributed by atoms with Crippen LogP contribution < -0.4 is 0 Å². The molecule has 0 atom stereocenters. The number of hydrogen-bond acceptors (Lipinski definition) is 2. The van der Waals surface area contributed by atoms with Crippen molar-refractivity contribution in [1.29, 1.82) is 0 Å². The van der Waals surface area contributed by atoms with Crippen LogP contribution in [0.15, 0.2) is 11.6 Å². The van der Waals surface area contributed by atoms with Gasteiger partial charge >= 0.3 is 119 Å². The van der Waals surface area contributed by atoms with Crippen LogP contribution in [-0.4, -0.2) is 30.6 Å².